The largest absolute Gasteiger partial charge is 0.441 e. The van der Waals surface area contributed by atoms with Gasteiger partial charge in [0.1, 0.15) is 5.76 Å². The standard InChI is InChI=1S/C21H27N3O3/c1-3-16-7-9-17(10-8-16)21-23-18(15(2)27-21)13-19(25)22-14-20(26)24-11-5-4-6-12-24/h7-10H,3-6,11-14H2,1-2H3,(H,22,25). The van der Waals surface area contributed by atoms with Crippen molar-refractivity contribution in [2.45, 2.75) is 46.0 Å². The van der Waals surface area contributed by atoms with E-state index in [1.54, 1.807) is 6.92 Å². The molecule has 6 nitrogen and oxygen atoms in total. The van der Waals surface area contributed by atoms with Gasteiger partial charge in [0, 0.05) is 18.7 Å². The molecule has 1 aromatic carbocycles. The number of rotatable bonds is 6. The van der Waals surface area contributed by atoms with Gasteiger partial charge in [-0.3, -0.25) is 9.59 Å². The maximum atomic E-state index is 12.2. The molecule has 1 fully saturated rings. The van der Waals surface area contributed by atoms with Crippen LogP contribution < -0.4 is 5.32 Å². The molecule has 2 aromatic rings. The minimum atomic E-state index is -0.218. The lowest BCUT2D eigenvalue weighted by Crippen LogP contribution is -2.42. The third-order valence-electron chi connectivity index (χ3n) is 4.98. The van der Waals surface area contributed by atoms with Crippen LogP contribution in [0.4, 0.5) is 0 Å². The van der Waals surface area contributed by atoms with Crippen molar-refractivity contribution >= 4 is 11.8 Å². The maximum absolute atomic E-state index is 12.2. The van der Waals surface area contributed by atoms with Crippen LogP contribution in [-0.2, 0) is 22.4 Å². The Bertz CT molecular complexity index is 790. The molecule has 2 heterocycles. The fourth-order valence-corrected chi connectivity index (χ4v) is 3.24. The summed E-state index contributed by atoms with van der Waals surface area (Å²) >= 11 is 0. The van der Waals surface area contributed by atoms with E-state index < -0.39 is 0 Å². The molecule has 27 heavy (non-hydrogen) atoms. The molecule has 1 aliphatic heterocycles. The third-order valence-corrected chi connectivity index (χ3v) is 4.98. The number of aromatic nitrogens is 1. The smallest absolute Gasteiger partial charge is 0.241 e. The van der Waals surface area contributed by atoms with Crippen LogP contribution in [0.5, 0.6) is 0 Å². The number of nitrogens with one attached hydrogen (secondary N) is 1. The highest BCUT2D eigenvalue weighted by atomic mass is 16.4. The SMILES string of the molecule is CCc1ccc(-c2nc(CC(=O)NCC(=O)N3CCCCC3)c(C)o2)cc1. The summed E-state index contributed by atoms with van der Waals surface area (Å²) in [6.07, 6.45) is 4.34. The van der Waals surface area contributed by atoms with E-state index in [4.69, 9.17) is 4.42 Å². The first-order valence-electron chi connectivity index (χ1n) is 9.67. The molecule has 0 unspecified atom stereocenters. The van der Waals surface area contributed by atoms with Crippen molar-refractivity contribution in [2.75, 3.05) is 19.6 Å². The number of amides is 2. The van der Waals surface area contributed by atoms with Crippen LogP contribution in [0.3, 0.4) is 0 Å². The summed E-state index contributed by atoms with van der Waals surface area (Å²) in [5, 5.41) is 2.71. The van der Waals surface area contributed by atoms with Crippen LogP contribution in [0, 0.1) is 6.92 Å². The minimum absolute atomic E-state index is 0.0170. The number of nitrogens with zero attached hydrogens (tertiary/aromatic N) is 2. The zero-order valence-corrected chi connectivity index (χ0v) is 16.1. The number of aryl methyl sites for hydroxylation is 2. The summed E-state index contributed by atoms with van der Waals surface area (Å²) in [4.78, 5) is 30.7. The summed E-state index contributed by atoms with van der Waals surface area (Å²) in [5.41, 5.74) is 2.75. The van der Waals surface area contributed by atoms with Crippen molar-refractivity contribution in [3.8, 4) is 11.5 Å². The van der Waals surface area contributed by atoms with Crippen molar-refractivity contribution in [2.24, 2.45) is 0 Å². The Morgan fingerprint density at radius 2 is 1.85 bits per heavy atom. The molecule has 0 aliphatic carbocycles. The minimum Gasteiger partial charge on any atom is -0.441 e. The Morgan fingerprint density at radius 3 is 2.52 bits per heavy atom. The van der Waals surface area contributed by atoms with Gasteiger partial charge in [0.05, 0.1) is 18.7 Å². The monoisotopic (exact) mass is 369 g/mol. The van der Waals surface area contributed by atoms with Crippen molar-refractivity contribution in [1.29, 1.82) is 0 Å². The van der Waals surface area contributed by atoms with E-state index in [2.05, 4.69) is 17.2 Å². The molecule has 0 radical (unpaired) electrons. The Morgan fingerprint density at radius 1 is 1.15 bits per heavy atom. The number of hydrogen-bond acceptors (Lipinski definition) is 4. The van der Waals surface area contributed by atoms with Gasteiger partial charge in [-0.25, -0.2) is 4.98 Å². The summed E-state index contributed by atoms with van der Waals surface area (Å²) in [7, 11) is 0. The molecule has 1 aromatic heterocycles. The van der Waals surface area contributed by atoms with Gasteiger partial charge >= 0.3 is 0 Å². The molecule has 3 rings (SSSR count). The topological polar surface area (TPSA) is 75.4 Å². The average Bonchev–Trinajstić information content (AvgIpc) is 3.07. The lowest BCUT2D eigenvalue weighted by atomic mass is 10.1. The zero-order chi connectivity index (χ0) is 19.2. The Hall–Kier alpha value is -2.63. The van der Waals surface area contributed by atoms with Gasteiger partial charge in [0.2, 0.25) is 17.7 Å². The predicted molar refractivity (Wildman–Crippen MR) is 103 cm³/mol. The second-order valence-electron chi connectivity index (χ2n) is 6.97. The highest BCUT2D eigenvalue weighted by Crippen LogP contribution is 2.22. The summed E-state index contributed by atoms with van der Waals surface area (Å²) in [6, 6.07) is 8.05. The summed E-state index contributed by atoms with van der Waals surface area (Å²) in [6.45, 7) is 5.53. The highest BCUT2D eigenvalue weighted by Gasteiger charge is 2.18. The first kappa shape index (κ1) is 19.1. The molecule has 0 atom stereocenters. The van der Waals surface area contributed by atoms with E-state index >= 15 is 0 Å². The maximum Gasteiger partial charge on any atom is 0.241 e. The molecule has 2 amide bonds. The van der Waals surface area contributed by atoms with Crippen LogP contribution in [0.15, 0.2) is 28.7 Å². The van der Waals surface area contributed by atoms with E-state index in [0.717, 1.165) is 37.9 Å². The highest BCUT2D eigenvalue weighted by molar-refractivity contribution is 5.85. The quantitative estimate of drug-likeness (QED) is 0.849. The first-order valence-corrected chi connectivity index (χ1v) is 9.67. The number of oxazole rings is 1. The molecule has 6 heteroatoms. The Labute approximate surface area is 160 Å². The molecule has 0 saturated carbocycles. The van der Waals surface area contributed by atoms with Crippen LogP contribution in [0.25, 0.3) is 11.5 Å². The van der Waals surface area contributed by atoms with E-state index in [0.29, 0.717) is 17.3 Å². The van der Waals surface area contributed by atoms with Gasteiger partial charge in [-0.2, -0.15) is 0 Å². The van der Waals surface area contributed by atoms with Crippen LogP contribution in [-0.4, -0.2) is 41.3 Å². The lowest BCUT2D eigenvalue weighted by molar-refractivity contribution is -0.133. The van der Waals surface area contributed by atoms with E-state index in [1.807, 2.05) is 29.2 Å². The molecule has 1 N–H and O–H groups in total. The predicted octanol–water partition coefficient (Wildman–Crippen LogP) is 2.88. The van der Waals surface area contributed by atoms with E-state index in [1.165, 1.54) is 12.0 Å². The van der Waals surface area contributed by atoms with E-state index in [-0.39, 0.29) is 24.8 Å². The molecular weight excluding hydrogens is 342 g/mol. The van der Waals surface area contributed by atoms with Crippen LogP contribution in [0.1, 0.15) is 43.2 Å². The normalized spacial score (nSPS) is 14.2. The second kappa shape index (κ2) is 8.84. The summed E-state index contributed by atoms with van der Waals surface area (Å²) < 4.78 is 5.73. The van der Waals surface area contributed by atoms with Gasteiger partial charge < -0.3 is 14.6 Å². The molecule has 1 saturated heterocycles. The second-order valence-corrected chi connectivity index (χ2v) is 6.97. The van der Waals surface area contributed by atoms with Gasteiger partial charge in [-0.1, -0.05) is 19.1 Å². The fourth-order valence-electron chi connectivity index (χ4n) is 3.24. The Kier molecular flexibility index (Phi) is 6.27. The Balaban J connectivity index is 1.56. The number of carbonyl (C=O) groups is 2. The van der Waals surface area contributed by atoms with Gasteiger partial charge in [-0.15, -0.1) is 0 Å². The third kappa shape index (κ3) is 4.96. The molecule has 1 aliphatic rings. The number of piperidine rings is 1. The van der Waals surface area contributed by atoms with Crippen LogP contribution >= 0.6 is 0 Å². The molecule has 0 bridgehead atoms. The van der Waals surface area contributed by atoms with E-state index in [9.17, 15) is 9.59 Å². The van der Waals surface area contributed by atoms with Crippen molar-refractivity contribution in [3.63, 3.8) is 0 Å². The number of likely N-dealkylation sites (tertiary alicyclic amines) is 1. The van der Waals surface area contributed by atoms with Crippen molar-refractivity contribution < 1.29 is 14.0 Å². The fraction of sp³-hybridized carbons (Fsp3) is 0.476. The number of carbonyl (C=O) groups excluding carboxylic acids is 2. The van der Waals surface area contributed by atoms with Gasteiger partial charge in [0.15, 0.2) is 0 Å². The molecule has 0 spiro atoms. The van der Waals surface area contributed by atoms with Crippen LogP contribution in [0.2, 0.25) is 0 Å². The molecule has 144 valence electrons. The number of benzene rings is 1. The first-order chi connectivity index (χ1) is 13.1. The number of hydrogen-bond donors (Lipinski definition) is 1. The summed E-state index contributed by atoms with van der Waals surface area (Å²) in [5.74, 6) is 0.908. The van der Waals surface area contributed by atoms with Gasteiger partial charge in [-0.05, 0) is 50.3 Å². The lowest BCUT2D eigenvalue weighted by Gasteiger charge is -2.26. The zero-order valence-electron chi connectivity index (χ0n) is 16.1. The van der Waals surface area contributed by atoms with Gasteiger partial charge in [0.25, 0.3) is 0 Å². The van der Waals surface area contributed by atoms with Crippen molar-refractivity contribution in [1.82, 2.24) is 15.2 Å². The van der Waals surface area contributed by atoms with Crippen molar-refractivity contribution in [3.05, 3.63) is 41.3 Å². The molecular formula is C21H27N3O3. The average molecular weight is 369 g/mol.